The van der Waals surface area contributed by atoms with E-state index in [1.165, 1.54) is 37.9 Å². The second kappa shape index (κ2) is 6.17. The zero-order valence-corrected chi connectivity index (χ0v) is 13.5. The normalized spacial score (nSPS) is 23.3. The van der Waals surface area contributed by atoms with Gasteiger partial charge in [-0.1, -0.05) is 32.9 Å². The topological polar surface area (TPSA) is 29.3 Å². The first kappa shape index (κ1) is 15.4. The minimum absolute atomic E-state index is 0.445. The molecule has 1 fully saturated rings. The smallest absolute Gasteiger partial charge is 0.0319 e. The van der Waals surface area contributed by atoms with Crippen molar-refractivity contribution in [2.24, 2.45) is 11.3 Å². The highest BCUT2D eigenvalue weighted by Crippen LogP contribution is 2.35. The third-order valence-electron chi connectivity index (χ3n) is 4.95. The molecule has 112 valence electrons. The molecule has 2 unspecified atom stereocenters. The number of nitrogen functional groups attached to an aromatic ring is 1. The molecule has 1 aliphatic rings. The fourth-order valence-electron chi connectivity index (χ4n) is 3.36. The minimum Gasteiger partial charge on any atom is -0.399 e. The van der Waals surface area contributed by atoms with E-state index in [-0.39, 0.29) is 0 Å². The lowest BCUT2D eigenvalue weighted by Crippen LogP contribution is -2.29. The average Bonchev–Trinajstić information content (AvgIpc) is 2.64. The first-order valence-corrected chi connectivity index (χ1v) is 7.97. The summed E-state index contributed by atoms with van der Waals surface area (Å²) < 4.78 is 0. The Bertz CT molecular complexity index is 416. The van der Waals surface area contributed by atoms with Crippen molar-refractivity contribution in [3.8, 4) is 0 Å². The quantitative estimate of drug-likeness (QED) is 0.806. The molecule has 2 atom stereocenters. The van der Waals surface area contributed by atoms with Gasteiger partial charge in [0.15, 0.2) is 0 Å². The van der Waals surface area contributed by atoms with E-state index in [4.69, 9.17) is 5.73 Å². The Morgan fingerprint density at radius 1 is 1.10 bits per heavy atom. The Kier molecular flexibility index (Phi) is 4.74. The summed E-state index contributed by atoms with van der Waals surface area (Å²) in [6, 6.07) is 8.87. The molecule has 0 saturated carbocycles. The predicted molar refractivity (Wildman–Crippen MR) is 87.6 cm³/mol. The third kappa shape index (κ3) is 3.76. The molecule has 0 radical (unpaired) electrons. The third-order valence-corrected chi connectivity index (χ3v) is 4.95. The van der Waals surface area contributed by atoms with Crippen molar-refractivity contribution in [2.75, 3.05) is 18.8 Å². The molecule has 20 heavy (non-hydrogen) atoms. The first-order valence-electron chi connectivity index (χ1n) is 7.97. The van der Waals surface area contributed by atoms with E-state index >= 15 is 0 Å². The molecule has 0 amide bonds. The van der Waals surface area contributed by atoms with E-state index in [1.807, 2.05) is 12.1 Å². The van der Waals surface area contributed by atoms with Gasteiger partial charge in [0.1, 0.15) is 0 Å². The van der Waals surface area contributed by atoms with Crippen LogP contribution in [0, 0.1) is 11.3 Å². The van der Waals surface area contributed by atoms with Crippen LogP contribution < -0.4 is 5.73 Å². The van der Waals surface area contributed by atoms with Crippen molar-refractivity contribution in [3.05, 3.63) is 29.8 Å². The summed E-state index contributed by atoms with van der Waals surface area (Å²) in [4.78, 5) is 2.64. The van der Waals surface area contributed by atoms with E-state index in [9.17, 15) is 0 Å². The summed E-state index contributed by atoms with van der Waals surface area (Å²) >= 11 is 0. The van der Waals surface area contributed by atoms with Gasteiger partial charge in [0, 0.05) is 11.7 Å². The van der Waals surface area contributed by atoms with E-state index in [2.05, 4.69) is 44.7 Å². The molecule has 2 heteroatoms. The Balaban J connectivity index is 2.01. The van der Waals surface area contributed by atoms with Crippen LogP contribution in [0.4, 0.5) is 5.69 Å². The number of hydrogen-bond donors (Lipinski definition) is 1. The molecule has 1 aliphatic heterocycles. The second-order valence-electron chi connectivity index (χ2n) is 7.37. The average molecular weight is 274 g/mol. The fourth-order valence-corrected chi connectivity index (χ4v) is 3.36. The highest BCUT2D eigenvalue weighted by Gasteiger charge is 2.28. The van der Waals surface area contributed by atoms with Gasteiger partial charge < -0.3 is 5.73 Å². The maximum absolute atomic E-state index is 5.78. The zero-order valence-electron chi connectivity index (χ0n) is 13.5. The SMILES string of the molecule is CC(c1ccc(N)cc1)N1CCCC(C(C)(C)C)CC1. The molecule has 1 aromatic carbocycles. The molecule has 0 aliphatic carbocycles. The Hall–Kier alpha value is -1.02. The van der Waals surface area contributed by atoms with Crippen LogP contribution >= 0.6 is 0 Å². The van der Waals surface area contributed by atoms with E-state index in [1.54, 1.807) is 0 Å². The van der Waals surface area contributed by atoms with Crippen LogP contribution in [0.15, 0.2) is 24.3 Å². The van der Waals surface area contributed by atoms with Gasteiger partial charge >= 0.3 is 0 Å². The van der Waals surface area contributed by atoms with Gasteiger partial charge in [-0.25, -0.2) is 0 Å². The van der Waals surface area contributed by atoms with Crippen molar-refractivity contribution in [1.82, 2.24) is 4.90 Å². The highest BCUT2D eigenvalue weighted by molar-refractivity contribution is 5.40. The molecule has 1 aromatic rings. The monoisotopic (exact) mass is 274 g/mol. The van der Waals surface area contributed by atoms with Crippen molar-refractivity contribution in [3.63, 3.8) is 0 Å². The van der Waals surface area contributed by atoms with Crippen LogP contribution in [0.25, 0.3) is 0 Å². The lowest BCUT2D eigenvalue weighted by Gasteiger charge is -2.31. The predicted octanol–water partition coefficient (Wildman–Crippen LogP) is 4.48. The summed E-state index contributed by atoms with van der Waals surface area (Å²) in [5.41, 5.74) is 8.46. The van der Waals surface area contributed by atoms with Gasteiger partial charge in [0.25, 0.3) is 0 Å². The molecule has 0 bridgehead atoms. The van der Waals surface area contributed by atoms with Crippen molar-refractivity contribution in [2.45, 2.75) is 53.0 Å². The standard InChI is InChI=1S/C18H30N2/c1-14(15-7-9-17(19)10-8-15)20-12-5-6-16(11-13-20)18(2,3)4/h7-10,14,16H,5-6,11-13,19H2,1-4H3. The molecule has 0 spiro atoms. The summed E-state index contributed by atoms with van der Waals surface area (Å²) in [7, 11) is 0. The van der Waals surface area contributed by atoms with Crippen LogP contribution in [0.1, 0.15) is 58.6 Å². The van der Waals surface area contributed by atoms with Crippen LogP contribution in [-0.2, 0) is 0 Å². The van der Waals surface area contributed by atoms with E-state index < -0.39 is 0 Å². The number of hydrogen-bond acceptors (Lipinski definition) is 2. The second-order valence-corrected chi connectivity index (χ2v) is 7.37. The number of nitrogens with two attached hydrogens (primary N) is 1. The van der Waals surface area contributed by atoms with Gasteiger partial charge in [-0.3, -0.25) is 4.90 Å². The Labute approximate surface area is 124 Å². The number of rotatable bonds is 2. The summed E-state index contributed by atoms with van der Waals surface area (Å²) in [6.45, 7) is 11.9. The maximum Gasteiger partial charge on any atom is 0.0319 e. The molecule has 1 saturated heterocycles. The van der Waals surface area contributed by atoms with Crippen molar-refractivity contribution >= 4 is 5.69 Å². The number of benzene rings is 1. The minimum atomic E-state index is 0.445. The van der Waals surface area contributed by atoms with E-state index in [0.29, 0.717) is 11.5 Å². The lowest BCUT2D eigenvalue weighted by atomic mass is 9.77. The van der Waals surface area contributed by atoms with Crippen molar-refractivity contribution < 1.29 is 0 Å². The fraction of sp³-hybridized carbons (Fsp3) is 0.667. The van der Waals surface area contributed by atoms with Gasteiger partial charge in [-0.05, 0) is 68.3 Å². The molecule has 1 heterocycles. The van der Waals surface area contributed by atoms with Crippen LogP contribution in [0.5, 0.6) is 0 Å². The molecular formula is C18H30N2. The van der Waals surface area contributed by atoms with Crippen LogP contribution in [0.3, 0.4) is 0 Å². The number of likely N-dealkylation sites (tertiary alicyclic amines) is 1. The Morgan fingerprint density at radius 3 is 2.35 bits per heavy atom. The molecule has 0 aromatic heterocycles. The zero-order chi connectivity index (χ0) is 14.8. The summed E-state index contributed by atoms with van der Waals surface area (Å²) in [5, 5.41) is 0. The Morgan fingerprint density at radius 2 is 1.75 bits per heavy atom. The maximum atomic E-state index is 5.78. The highest BCUT2D eigenvalue weighted by atomic mass is 15.1. The molecule has 2 N–H and O–H groups in total. The van der Waals surface area contributed by atoms with Gasteiger partial charge in [-0.2, -0.15) is 0 Å². The van der Waals surface area contributed by atoms with Crippen molar-refractivity contribution in [1.29, 1.82) is 0 Å². The number of anilines is 1. The van der Waals surface area contributed by atoms with E-state index in [0.717, 1.165) is 11.6 Å². The largest absolute Gasteiger partial charge is 0.399 e. The summed E-state index contributed by atoms with van der Waals surface area (Å²) in [6.07, 6.45) is 4.01. The summed E-state index contributed by atoms with van der Waals surface area (Å²) in [5.74, 6) is 0.853. The molecule has 2 rings (SSSR count). The van der Waals surface area contributed by atoms with Gasteiger partial charge in [0.2, 0.25) is 0 Å². The first-order chi connectivity index (χ1) is 9.38. The lowest BCUT2D eigenvalue weighted by molar-refractivity contribution is 0.189. The van der Waals surface area contributed by atoms with Crippen LogP contribution in [0.2, 0.25) is 0 Å². The molecular weight excluding hydrogens is 244 g/mol. The van der Waals surface area contributed by atoms with Gasteiger partial charge in [0.05, 0.1) is 0 Å². The van der Waals surface area contributed by atoms with Gasteiger partial charge in [-0.15, -0.1) is 0 Å². The molecule has 2 nitrogen and oxygen atoms in total. The number of nitrogens with zero attached hydrogens (tertiary/aromatic N) is 1. The van der Waals surface area contributed by atoms with Crippen LogP contribution in [-0.4, -0.2) is 18.0 Å².